The zero-order chi connectivity index (χ0) is 14.5. The Kier molecular flexibility index (Phi) is 5.33. The fourth-order valence-corrected chi connectivity index (χ4v) is 1.97. The number of anilines is 1. The SMILES string of the molecule is CCCNc1ccncc1C(=O)N(C)CC(C)(C)C. The molecule has 0 atom stereocenters. The van der Waals surface area contributed by atoms with Crippen molar-refractivity contribution in [2.75, 3.05) is 25.5 Å². The quantitative estimate of drug-likeness (QED) is 0.888. The average molecular weight is 263 g/mol. The van der Waals surface area contributed by atoms with Crippen molar-refractivity contribution in [3.05, 3.63) is 24.0 Å². The Labute approximate surface area is 116 Å². The van der Waals surface area contributed by atoms with Gasteiger partial charge in [0.2, 0.25) is 0 Å². The van der Waals surface area contributed by atoms with Crippen LogP contribution in [0.2, 0.25) is 0 Å². The number of amides is 1. The first-order valence-electron chi connectivity index (χ1n) is 6.78. The summed E-state index contributed by atoms with van der Waals surface area (Å²) in [6, 6.07) is 1.85. The van der Waals surface area contributed by atoms with Gasteiger partial charge in [-0.15, -0.1) is 0 Å². The molecule has 0 bridgehead atoms. The maximum Gasteiger partial charge on any atom is 0.257 e. The summed E-state index contributed by atoms with van der Waals surface area (Å²) in [6.07, 6.45) is 4.37. The Bertz CT molecular complexity index is 424. The molecule has 1 aromatic heterocycles. The van der Waals surface area contributed by atoms with E-state index in [4.69, 9.17) is 0 Å². The minimum Gasteiger partial charge on any atom is -0.384 e. The maximum atomic E-state index is 12.5. The van der Waals surface area contributed by atoms with Gasteiger partial charge in [0.25, 0.3) is 5.91 Å². The van der Waals surface area contributed by atoms with Gasteiger partial charge in [-0.1, -0.05) is 27.7 Å². The Morgan fingerprint density at radius 3 is 2.68 bits per heavy atom. The number of nitrogens with zero attached hydrogens (tertiary/aromatic N) is 2. The first-order chi connectivity index (χ1) is 8.85. The van der Waals surface area contributed by atoms with E-state index in [-0.39, 0.29) is 11.3 Å². The first kappa shape index (κ1) is 15.5. The molecule has 0 spiro atoms. The molecule has 4 nitrogen and oxygen atoms in total. The summed E-state index contributed by atoms with van der Waals surface area (Å²) in [6.45, 7) is 10.0. The lowest BCUT2D eigenvalue weighted by Crippen LogP contribution is -2.35. The van der Waals surface area contributed by atoms with E-state index in [9.17, 15) is 4.79 Å². The highest BCUT2D eigenvalue weighted by molar-refractivity contribution is 5.99. The van der Waals surface area contributed by atoms with Crippen molar-refractivity contribution in [2.45, 2.75) is 34.1 Å². The number of aromatic nitrogens is 1. The summed E-state index contributed by atoms with van der Waals surface area (Å²) in [7, 11) is 1.84. The third kappa shape index (κ3) is 4.89. The van der Waals surface area contributed by atoms with Crippen molar-refractivity contribution < 1.29 is 4.79 Å². The topological polar surface area (TPSA) is 45.2 Å². The van der Waals surface area contributed by atoms with Gasteiger partial charge >= 0.3 is 0 Å². The molecule has 0 radical (unpaired) electrons. The number of nitrogens with one attached hydrogen (secondary N) is 1. The molecule has 106 valence electrons. The first-order valence-corrected chi connectivity index (χ1v) is 6.78. The lowest BCUT2D eigenvalue weighted by atomic mass is 9.96. The number of carbonyl (C=O) groups excluding carboxylic acids is 1. The summed E-state index contributed by atoms with van der Waals surface area (Å²) in [4.78, 5) is 18.3. The minimum atomic E-state index is 0.0154. The zero-order valence-corrected chi connectivity index (χ0v) is 12.7. The van der Waals surface area contributed by atoms with E-state index in [1.165, 1.54) is 0 Å². The van der Waals surface area contributed by atoms with Gasteiger partial charge in [0.05, 0.1) is 11.3 Å². The van der Waals surface area contributed by atoms with Crippen molar-refractivity contribution in [2.24, 2.45) is 5.41 Å². The molecule has 1 amide bonds. The predicted molar refractivity (Wildman–Crippen MR) is 79.4 cm³/mol. The van der Waals surface area contributed by atoms with Gasteiger partial charge in [0.15, 0.2) is 0 Å². The average Bonchev–Trinajstić information content (AvgIpc) is 2.33. The molecule has 0 aromatic carbocycles. The van der Waals surface area contributed by atoms with E-state index in [0.29, 0.717) is 12.1 Å². The van der Waals surface area contributed by atoms with Gasteiger partial charge < -0.3 is 10.2 Å². The van der Waals surface area contributed by atoms with Crippen molar-refractivity contribution >= 4 is 11.6 Å². The van der Waals surface area contributed by atoms with Gasteiger partial charge in [-0.3, -0.25) is 9.78 Å². The normalized spacial score (nSPS) is 11.2. The van der Waals surface area contributed by atoms with Gasteiger partial charge in [0, 0.05) is 32.5 Å². The third-order valence-corrected chi connectivity index (χ3v) is 2.68. The summed E-state index contributed by atoms with van der Waals surface area (Å²) >= 11 is 0. The van der Waals surface area contributed by atoms with Crippen molar-refractivity contribution in [1.82, 2.24) is 9.88 Å². The highest BCUT2D eigenvalue weighted by Crippen LogP contribution is 2.19. The molecule has 0 unspecified atom stereocenters. The highest BCUT2D eigenvalue weighted by Gasteiger charge is 2.20. The second-order valence-corrected chi connectivity index (χ2v) is 6.07. The Hall–Kier alpha value is -1.58. The molecule has 0 saturated heterocycles. The molecular formula is C15H25N3O. The van der Waals surface area contributed by atoms with Crippen molar-refractivity contribution in [3.63, 3.8) is 0 Å². The molecule has 0 fully saturated rings. The van der Waals surface area contributed by atoms with Crippen LogP contribution in [-0.2, 0) is 0 Å². The summed E-state index contributed by atoms with van der Waals surface area (Å²) in [5.74, 6) is 0.0154. The smallest absolute Gasteiger partial charge is 0.257 e. The summed E-state index contributed by atoms with van der Waals surface area (Å²) < 4.78 is 0. The third-order valence-electron chi connectivity index (χ3n) is 2.68. The lowest BCUT2D eigenvalue weighted by Gasteiger charge is -2.27. The second-order valence-electron chi connectivity index (χ2n) is 6.07. The number of pyridine rings is 1. The highest BCUT2D eigenvalue weighted by atomic mass is 16.2. The van der Waals surface area contributed by atoms with Gasteiger partial charge in [0.1, 0.15) is 0 Å². The van der Waals surface area contributed by atoms with Crippen LogP contribution in [0, 0.1) is 5.41 Å². The van der Waals surface area contributed by atoms with E-state index in [2.05, 4.69) is 38.0 Å². The van der Waals surface area contributed by atoms with Crippen molar-refractivity contribution in [1.29, 1.82) is 0 Å². The molecule has 0 aliphatic heterocycles. The molecule has 1 rings (SSSR count). The Morgan fingerprint density at radius 2 is 2.11 bits per heavy atom. The number of hydrogen-bond acceptors (Lipinski definition) is 3. The lowest BCUT2D eigenvalue weighted by molar-refractivity contribution is 0.0746. The fraction of sp³-hybridized carbons (Fsp3) is 0.600. The fourth-order valence-electron chi connectivity index (χ4n) is 1.97. The molecule has 4 heteroatoms. The van der Waals surface area contributed by atoms with E-state index in [1.54, 1.807) is 17.3 Å². The largest absolute Gasteiger partial charge is 0.384 e. The molecular weight excluding hydrogens is 238 g/mol. The Morgan fingerprint density at radius 1 is 1.42 bits per heavy atom. The number of rotatable bonds is 5. The molecule has 19 heavy (non-hydrogen) atoms. The summed E-state index contributed by atoms with van der Waals surface area (Å²) in [5.41, 5.74) is 1.59. The molecule has 1 N–H and O–H groups in total. The van der Waals surface area contributed by atoms with E-state index < -0.39 is 0 Å². The zero-order valence-electron chi connectivity index (χ0n) is 12.7. The van der Waals surface area contributed by atoms with E-state index in [0.717, 1.165) is 18.7 Å². The van der Waals surface area contributed by atoms with Gasteiger partial charge in [-0.2, -0.15) is 0 Å². The van der Waals surface area contributed by atoms with Crippen LogP contribution >= 0.6 is 0 Å². The second kappa shape index (κ2) is 6.55. The molecule has 0 aliphatic carbocycles. The minimum absolute atomic E-state index is 0.0154. The van der Waals surface area contributed by atoms with Crippen LogP contribution in [0.25, 0.3) is 0 Å². The van der Waals surface area contributed by atoms with Crippen LogP contribution in [0.4, 0.5) is 5.69 Å². The molecule has 0 aliphatic rings. The van der Waals surface area contributed by atoms with Gasteiger partial charge in [-0.25, -0.2) is 0 Å². The van der Waals surface area contributed by atoms with Crippen LogP contribution in [0.3, 0.4) is 0 Å². The summed E-state index contributed by atoms with van der Waals surface area (Å²) in [5, 5.41) is 3.27. The number of carbonyl (C=O) groups is 1. The predicted octanol–water partition coefficient (Wildman–Crippen LogP) is 3.02. The van der Waals surface area contributed by atoms with Crippen LogP contribution in [0.5, 0.6) is 0 Å². The monoisotopic (exact) mass is 263 g/mol. The van der Waals surface area contributed by atoms with E-state index >= 15 is 0 Å². The molecule has 1 heterocycles. The molecule has 0 saturated carbocycles. The van der Waals surface area contributed by atoms with Crippen LogP contribution in [0.15, 0.2) is 18.5 Å². The maximum absolute atomic E-state index is 12.5. The van der Waals surface area contributed by atoms with Gasteiger partial charge in [-0.05, 0) is 17.9 Å². The van der Waals surface area contributed by atoms with E-state index in [1.807, 2.05) is 13.1 Å². The number of hydrogen-bond donors (Lipinski definition) is 1. The van der Waals surface area contributed by atoms with Crippen LogP contribution in [0.1, 0.15) is 44.5 Å². The van der Waals surface area contributed by atoms with Crippen LogP contribution < -0.4 is 5.32 Å². The Balaban J connectivity index is 2.86. The standard InChI is InChI=1S/C15H25N3O/c1-6-8-17-13-7-9-16-10-12(13)14(19)18(5)11-15(2,3)4/h7,9-10H,6,8,11H2,1-5H3,(H,16,17). The molecule has 1 aromatic rings. The van der Waals surface area contributed by atoms with Crippen LogP contribution in [-0.4, -0.2) is 35.9 Å². The van der Waals surface area contributed by atoms with Crippen molar-refractivity contribution in [3.8, 4) is 0 Å².